The van der Waals surface area contributed by atoms with Gasteiger partial charge in [0.25, 0.3) is 0 Å². The predicted molar refractivity (Wildman–Crippen MR) is 73.6 cm³/mol. The van der Waals surface area contributed by atoms with Crippen LogP contribution in [0.15, 0.2) is 17.1 Å². The Morgan fingerprint density at radius 1 is 1.35 bits per heavy atom. The van der Waals surface area contributed by atoms with Crippen LogP contribution < -0.4 is 5.32 Å². The van der Waals surface area contributed by atoms with E-state index in [-0.39, 0.29) is 0 Å². The van der Waals surface area contributed by atoms with E-state index >= 15 is 0 Å². The van der Waals surface area contributed by atoms with Crippen molar-refractivity contribution in [3.05, 3.63) is 12.2 Å². The van der Waals surface area contributed by atoms with Gasteiger partial charge >= 0.3 is 0 Å². The summed E-state index contributed by atoms with van der Waals surface area (Å²) in [6, 6.07) is 0. The zero-order valence-electron chi connectivity index (χ0n) is 10.4. The lowest BCUT2D eigenvalue weighted by atomic mass is 9.88. The Labute approximate surface area is 107 Å². The monoisotopic (exact) mass is 256 g/mol. The van der Waals surface area contributed by atoms with Crippen molar-refractivity contribution >= 4 is 17.6 Å². The minimum Gasteiger partial charge on any atom is -0.369 e. The normalized spacial score (nSPS) is 34.5. The van der Waals surface area contributed by atoms with Crippen LogP contribution in [-0.2, 0) is 0 Å². The molecule has 1 aliphatic heterocycles. The molecule has 0 aromatic rings. The SMILES string of the molecule is CSC1CN=C(/C=C/C2CCC(F)CC2)NC1. The molecule has 0 aromatic heterocycles. The second-order valence-corrected chi connectivity index (χ2v) is 5.97. The number of nitrogens with one attached hydrogen (secondary N) is 1. The molecule has 0 bridgehead atoms. The van der Waals surface area contributed by atoms with E-state index in [1.165, 1.54) is 0 Å². The molecule has 2 rings (SSSR count). The molecule has 1 heterocycles. The second-order valence-electron chi connectivity index (χ2n) is 4.84. The van der Waals surface area contributed by atoms with Gasteiger partial charge in [0.15, 0.2) is 0 Å². The maximum atomic E-state index is 13.0. The highest BCUT2D eigenvalue weighted by molar-refractivity contribution is 7.99. The van der Waals surface area contributed by atoms with Gasteiger partial charge in [0, 0.05) is 11.8 Å². The fourth-order valence-corrected chi connectivity index (χ4v) is 2.78. The Kier molecular flexibility index (Phi) is 4.89. The van der Waals surface area contributed by atoms with Crippen LogP contribution >= 0.6 is 11.8 Å². The molecule has 1 aliphatic carbocycles. The number of amidine groups is 1. The second kappa shape index (κ2) is 6.43. The number of nitrogens with zero attached hydrogens (tertiary/aromatic N) is 1. The summed E-state index contributed by atoms with van der Waals surface area (Å²) in [5.41, 5.74) is 0. The number of allylic oxidation sites excluding steroid dienone is 1. The number of alkyl halides is 1. The van der Waals surface area contributed by atoms with Crippen LogP contribution in [0, 0.1) is 5.92 Å². The molecule has 1 atom stereocenters. The van der Waals surface area contributed by atoms with Gasteiger partial charge in [-0.2, -0.15) is 11.8 Å². The van der Waals surface area contributed by atoms with Crippen molar-refractivity contribution in [1.29, 1.82) is 0 Å². The average Bonchev–Trinajstić information content (AvgIpc) is 2.39. The first kappa shape index (κ1) is 12.9. The molecule has 1 N–H and O–H groups in total. The van der Waals surface area contributed by atoms with Gasteiger partial charge in [-0.15, -0.1) is 0 Å². The number of halogens is 1. The largest absolute Gasteiger partial charge is 0.369 e. The van der Waals surface area contributed by atoms with E-state index in [0.717, 1.165) is 44.6 Å². The lowest BCUT2D eigenvalue weighted by Gasteiger charge is -2.22. The van der Waals surface area contributed by atoms with Crippen molar-refractivity contribution in [2.45, 2.75) is 37.1 Å². The minimum absolute atomic E-state index is 0.546. The summed E-state index contributed by atoms with van der Waals surface area (Å²) in [6.45, 7) is 1.91. The molecular weight excluding hydrogens is 235 g/mol. The Hall–Kier alpha value is -0.510. The molecule has 0 saturated heterocycles. The number of aliphatic imine (C=N–C) groups is 1. The van der Waals surface area contributed by atoms with Gasteiger partial charge in [-0.25, -0.2) is 4.39 Å². The van der Waals surface area contributed by atoms with Crippen molar-refractivity contribution in [3.63, 3.8) is 0 Å². The van der Waals surface area contributed by atoms with Crippen molar-refractivity contribution in [1.82, 2.24) is 5.32 Å². The Morgan fingerprint density at radius 2 is 2.12 bits per heavy atom. The molecule has 0 amide bonds. The van der Waals surface area contributed by atoms with Crippen molar-refractivity contribution < 1.29 is 4.39 Å². The molecule has 2 aliphatic rings. The maximum Gasteiger partial charge on any atom is 0.120 e. The van der Waals surface area contributed by atoms with Crippen LogP contribution in [0.3, 0.4) is 0 Å². The number of rotatable bonds is 3. The van der Waals surface area contributed by atoms with E-state index in [1.807, 2.05) is 11.8 Å². The molecule has 1 unspecified atom stereocenters. The minimum atomic E-state index is -0.563. The summed E-state index contributed by atoms with van der Waals surface area (Å²) in [5.74, 6) is 1.54. The summed E-state index contributed by atoms with van der Waals surface area (Å²) < 4.78 is 13.0. The van der Waals surface area contributed by atoms with Crippen LogP contribution in [0.5, 0.6) is 0 Å². The van der Waals surface area contributed by atoms with Gasteiger partial charge in [-0.3, -0.25) is 4.99 Å². The molecule has 0 spiro atoms. The standard InChI is InChI=1S/C13H21FN2S/c1-17-12-8-15-13(16-9-12)7-4-10-2-5-11(14)6-3-10/h4,7,10-12H,2-3,5-6,8-9H2,1H3,(H,15,16)/b7-4+. The third-order valence-corrected chi connectivity index (χ3v) is 4.52. The van der Waals surface area contributed by atoms with Gasteiger partial charge in [-0.1, -0.05) is 6.08 Å². The quantitative estimate of drug-likeness (QED) is 0.839. The maximum absolute atomic E-state index is 13.0. The highest BCUT2D eigenvalue weighted by Crippen LogP contribution is 2.26. The van der Waals surface area contributed by atoms with Gasteiger partial charge < -0.3 is 5.32 Å². The summed E-state index contributed by atoms with van der Waals surface area (Å²) in [5, 5.41) is 3.94. The van der Waals surface area contributed by atoms with Crippen molar-refractivity contribution in [2.24, 2.45) is 10.9 Å². The third-order valence-electron chi connectivity index (χ3n) is 3.54. The van der Waals surface area contributed by atoms with E-state index in [9.17, 15) is 4.39 Å². The Morgan fingerprint density at radius 3 is 2.71 bits per heavy atom. The Balaban J connectivity index is 1.79. The van der Waals surface area contributed by atoms with Gasteiger partial charge in [-0.05, 0) is 43.9 Å². The molecule has 0 radical (unpaired) electrons. The third kappa shape index (κ3) is 4.02. The van der Waals surface area contributed by atoms with E-state index in [1.54, 1.807) is 0 Å². The zero-order valence-corrected chi connectivity index (χ0v) is 11.2. The van der Waals surface area contributed by atoms with E-state index in [2.05, 4.69) is 28.7 Å². The van der Waals surface area contributed by atoms with Gasteiger partial charge in [0.2, 0.25) is 0 Å². The predicted octanol–water partition coefficient (Wildman–Crippen LogP) is 2.80. The number of hydrogen-bond donors (Lipinski definition) is 1. The van der Waals surface area contributed by atoms with Crippen molar-refractivity contribution in [2.75, 3.05) is 19.3 Å². The number of hydrogen-bond acceptors (Lipinski definition) is 3. The number of thioether (sulfide) groups is 1. The lowest BCUT2D eigenvalue weighted by molar-refractivity contribution is 0.226. The van der Waals surface area contributed by atoms with Crippen LogP contribution in [0.25, 0.3) is 0 Å². The molecular formula is C13H21FN2S. The summed E-state index contributed by atoms with van der Waals surface area (Å²) in [4.78, 5) is 4.50. The topological polar surface area (TPSA) is 24.4 Å². The van der Waals surface area contributed by atoms with Gasteiger partial charge in [0.1, 0.15) is 12.0 Å². The highest BCUT2D eigenvalue weighted by Gasteiger charge is 2.18. The molecule has 17 heavy (non-hydrogen) atoms. The molecule has 1 saturated carbocycles. The molecule has 96 valence electrons. The Bertz CT molecular complexity index is 296. The zero-order chi connectivity index (χ0) is 12.1. The first-order valence-electron chi connectivity index (χ1n) is 6.41. The smallest absolute Gasteiger partial charge is 0.120 e. The van der Waals surface area contributed by atoms with E-state index < -0.39 is 6.17 Å². The van der Waals surface area contributed by atoms with Crippen molar-refractivity contribution in [3.8, 4) is 0 Å². The molecule has 4 heteroatoms. The highest BCUT2D eigenvalue weighted by atomic mass is 32.2. The van der Waals surface area contributed by atoms with Crippen LogP contribution in [0.4, 0.5) is 4.39 Å². The first-order chi connectivity index (χ1) is 8.28. The van der Waals surface area contributed by atoms with Crippen LogP contribution in [0.1, 0.15) is 25.7 Å². The molecule has 0 aromatic carbocycles. The van der Waals surface area contributed by atoms with E-state index in [4.69, 9.17) is 0 Å². The van der Waals surface area contributed by atoms with Crippen LogP contribution in [0.2, 0.25) is 0 Å². The summed E-state index contributed by atoms with van der Waals surface area (Å²) in [6.07, 6.45) is 9.27. The lowest BCUT2D eigenvalue weighted by Crippen LogP contribution is -2.36. The average molecular weight is 256 g/mol. The molecule has 2 nitrogen and oxygen atoms in total. The van der Waals surface area contributed by atoms with Gasteiger partial charge in [0.05, 0.1) is 6.54 Å². The van der Waals surface area contributed by atoms with E-state index in [0.29, 0.717) is 11.2 Å². The first-order valence-corrected chi connectivity index (χ1v) is 7.70. The van der Waals surface area contributed by atoms with Crippen LogP contribution in [-0.4, -0.2) is 36.6 Å². The summed E-state index contributed by atoms with van der Waals surface area (Å²) >= 11 is 1.86. The summed E-state index contributed by atoms with van der Waals surface area (Å²) in [7, 11) is 0. The fraction of sp³-hybridized carbons (Fsp3) is 0.769. The fourth-order valence-electron chi connectivity index (χ4n) is 2.31. The molecule has 1 fully saturated rings.